The monoisotopic (exact) mass is 323 g/mol. The van der Waals surface area contributed by atoms with Gasteiger partial charge in [-0.05, 0) is 31.0 Å². The van der Waals surface area contributed by atoms with Gasteiger partial charge in [-0.3, -0.25) is 4.79 Å². The van der Waals surface area contributed by atoms with Crippen molar-refractivity contribution in [2.45, 2.75) is 12.8 Å². The van der Waals surface area contributed by atoms with E-state index in [4.69, 9.17) is 4.74 Å². The zero-order valence-corrected chi connectivity index (χ0v) is 13.2. The van der Waals surface area contributed by atoms with Crippen LogP contribution in [0.25, 0.3) is 0 Å². The number of amides is 3. The number of nitrogens with one attached hydrogen (secondary N) is 2. The molecule has 1 saturated heterocycles. The van der Waals surface area contributed by atoms with Crippen molar-refractivity contribution in [1.29, 1.82) is 0 Å². The summed E-state index contributed by atoms with van der Waals surface area (Å²) < 4.78 is 18.0. The molecule has 3 amide bonds. The molecule has 0 unspecified atom stereocenters. The van der Waals surface area contributed by atoms with Crippen LogP contribution in [-0.4, -0.2) is 50.2 Å². The first-order valence-electron chi connectivity index (χ1n) is 7.68. The molecule has 0 aromatic heterocycles. The van der Waals surface area contributed by atoms with E-state index in [2.05, 4.69) is 10.6 Å². The van der Waals surface area contributed by atoms with Gasteiger partial charge in [0, 0.05) is 38.3 Å². The van der Waals surface area contributed by atoms with Crippen LogP contribution in [0, 0.1) is 11.7 Å². The molecule has 6 nitrogen and oxygen atoms in total. The van der Waals surface area contributed by atoms with E-state index < -0.39 is 0 Å². The summed E-state index contributed by atoms with van der Waals surface area (Å²) in [6, 6.07) is 5.69. The van der Waals surface area contributed by atoms with Crippen LogP contribution in [0.5, 0.6) is 0 Å². The van der Waals surface area contributed by atoms with Crippen LogP contribution in [0.1, 0.15) is 12.8 Å². The van der Waals surface area contributed by atoms with E-state index >= 15 is 0 Å². The van der Waals surface area contributed by atoms with E-state index in [9.17, 15) is 14.0 Å². The SMILES string of the molecule is COCCNC(=O)N1CCC(C(=O)Nc2cccc(F)c2)CC1. The molecule has 0 aliphatic carbocycles. The highest BCUT2D eigenvalue weighted by atomic mass is 19.1. The molecular weight excluding hydrogens is 301 g/mol. The molecule has 0 radical (unpaired) electrons. The molecule has 0 spiro atoms. The lowest BCUT2D eigenvalue weighted by atomic mass is 9.96. The molecule has 23 heavy (non-hydrogen) atoms. The van der Waals surface area contributed by atoms with Crippen molar-refractivity contribution in [2.24, 2.45) is 5.92 Å². The number of hydrogen-bond acceptors (Lipinski definition) is 3. The zero-order chi connectivity index (χ0) is 16.7. The Labute approximate surface area is 135 Å². The summed E-state index contributed by atoms with van der Waals surface area (Å²) in [6.07, 6.45) is 1.19. The molecule has 1 aromatic rings. The normalized spacial score (nSPS) is 15.3. The van der Waals surface area contributed by atoms with Gasteiger partial charge in [-0.1, -0.05) is 6.07 Å². The smallest absolute Gasteiger partial charge is 0.317 e. The average molecular weight is 323 g/mol. The molecule has 2 rings (SSSR count). The van der Waals surface area contributed by atoms with Gasteiger partial charge in [0.2, 0.25) is 5.91 Å². The highest BCUT2D eigenvalue weighted by Crippen LogP contribution is 2.20. The second kappa shape index (κ2) is 8.47. The number of piperidine rings is 1. The summed E-state index contributed by atoms with van der Waals surface area (Å²) in [7, 11) is 1.58. The van der Waals surface area contributed by atoms with Crippen LogP contribution >= 0.6 is 0 Å². The van der Waals surface area contributed by atoms with Crippen molar-refractivity contribution in [3.05, 3.63) is 30.1 Å². The fraction of sp³-hybridized carbons (Fsp3) is 0.500. The summed E-state index contributed by atoms with van der Waals surface area (Å²) in [4.78, 5) is 25.8. The van der Waals surface area contributed by atoms with Gasteiger partial charge < -0.3 is 20.3 Å². The van der Waals surface area contributed by atoms with E-state index in [1.807, 2.05) is 0 Å². The van der Waals surface area contributed by atoms with Gasteiger partial charge in [-0.25, -0.2) is 9.18 Å². The fourth-order valence-electron chi connectivity index (χ4n) is 2.53. The second-order valence-corrected chi connectivity index (χ2v) is 5.49. The molecule has 1 heterocycles. The summed E-state index contributed by atoms with van der Waals surface area (Å²) in [5.74, 6) is -0.679. The molecular formula is C16H22FN3O3. The molecule has 0 atom stereocenters. The molecule has 1 aliphatic rings. The van der Waals surface area contributed by atoms with Crippen LogP contribution < -0.4 is 10.6 Å². The first-order chi connectivity index (χ1) is 11.1. The lowest BCUT2D eigenvalue weighted by Crippen LogP contribution is -2.46. The first-order valence-corrected chi connectivity index (χ1v) is 7.68. The number of ether oxygens (including phenoxy) is 1. The number of urea groups is 1. The van der Waals surface area contributed by atoms with Gasteiger partial charge in [-0.2, -0.15) is 0 Å². The Morgan fingerprint density at radius 1 is 1.35 bits per heavy atom. The Bertz CT molecular complexity index is 545. The number of nitrogens with zero attached hydrogens (tertiary/aromatic N) is 1. The number of halogens is 1. The topological polar surface area (TPSA) is 70.7 Å². The van der Waals surface area contributed by atoms with Crippen molar-refractivity contribution >= 4 is 17.6 Å². The zero-order valence-electron chi connectivity index (χ0n) is 13.2. The van der Waals surface area contributed by atoms with Crippen molar-refractivity contribution in [1.82, 2.24) is 10.2 Å². The summed E-state index contributed by atoms with van der Waals surface area (Å²) >= 11 is 0. The number of benzene rings is 1. The summed E-state index contributed by atoms with van der Waals surface area (Å²) in [6.45, 7) is 1.99. The number of carbonyl (C=O) groups is 2. The Hall–Kier alpha value is -2.15. The van der Waals surface area contributed by atoms with E-state index in [0.717, 1.165) is 0 Å². The van der Waals surface area contributed by atoms with E-state index in [0.29, 0.717) is 44.8 Å². The van der Waals surface area contributed by atoms with Crippen molar-refractivity contribution in [3.63, 3.8) is 0 Å². The van der Waals surface area contributed by atoms with Gasteiger partial charge in [0.05, 0.1) is 6.61 Å². The van der Waals surface area contributed by atoms with Crippen LogP contribution in [0.15, 0.2) is 24.3 Å². The summed E-state index contributed by atoms with van der Waals surface area (Å²) in [5, 5.41) is 5.49. The van der Waals surface area contributed by atoms with Gasteiger partial charge in [0.25, 0.3) is 0 Å². The molecule has 0 bridgehead atoms. The third kappa shape index (κ3) is 5.21. The maximum atomic E-state index is 13.1. The number of likely N-dealkylation sites (tertiary alicyclic amines) is 1. The molecule has 2 N–H and O–H groups in total. The first kappa shape index (κ1) is 17.2. The Kier molecular flexibility index (Phi) is 6.34. The quantitative estimate of drug-likeness (QED) is 0.812. The van der Waals surface area contributed by atoms with Gasteiger partial charge >= 0.3 is 6.03 Å². The number of rotatable bonds is 5. The lowest BCUT2D eigenvalue weighted by molar-refractivity contribution is -0.121. The van der Waals surface area contributed by atoms with Gasteiger partial charge in [0.15, 0.2) is 0 Å². The Morgan fingerprint density at radius 3 is 2.74 bits per heavy atom. The van der Waals surface area contributed by atoms with E-state index in [1.165, 1.54) is 12.1 Å². The molecule has 0 saturated carbocycles. The Balaban J connectivity index is 1.77. The average Bonchev–Trinajstić information content (AvgIpc) is 2.55. The molecule has 126 valence electrons. The van der Waals surface area contributed by atoms with Crippen LogP contribution in [0.3, 0.4) is 0 Å². The standard InChI is InChI=1S/C16H22FN3O3/c1-23-10-7-18-16(22)20-8-5-12(6-9-20)15(21)19-14-4-2-3-13(17)11-14/h2-4,11-12H,5-10H2,1H3,(H,18,22)(H,19,21). The van der Waals surface area contributed by atoms with Crippen molar-refractivity contribution in [3.8, 4) is 0 Å². The number of hydrogen-bond donors (Lipinski definition) is 2. The fourth-order valence-corrected chi connectivity index (χ4v) is 2.53. The van der Waals surface area contributed by atoms with Crippen molar-refractivity contribution < 1.29 is 18.7 Å². The molecule has 1 aliphatic heterocycles. The van der Waals surface area contributed by atoms with Gasteiger partial charge in [-0.15, -0.1) is 0 Å². The summed E-state index contributed by atoms with van der Waals surface area (Å²) in [5.41, 5.74) is 0.453. The second-order valence-electron chi connectivity index (χ2n) is 5.49. The maximum absolute atomic E-state index is 13.1. The lowest BCUT2D eigenvalue weighted by Gasteiger charge is -2.31. The van der Waals surface area contributed by atoms with Crippen LogP contribution in [0.2, 0.25) is 0 Å². The maximum Gasteiger partial charge on any atom is 0.317 e. The predicted octanol–water partition coefficient (Wildman–Crippen LogP) is 1.83. The number of methoxy groups -OCH3 is 1. The third-order valence-electron chi connectivity index (χ3n) is 3.83. The number of carbonyl (C=O) groups excluding carboxylic acids is 2. The van der Waals surface area contributed by atoms with Crippen LogP contribution in [-0.2, 0) is 9.53 Å². The Morgan fingerprint density at radius 2 is 2.09 bits per heavy atom. The minimum Gasteiger partial charge on any atom is -0.383 e. The highest BCUT2D eigenvalue weighted by molar-refractivity contribution is 5.92. The third-order valence-corrected chi connectivity index (χ3v) is 3.83. The van der Waals surface area contributed by atoms with E-state index in [1.54, 1.807) is 24.1 Å². The predicted molar refractivity (Wildman–Crippen MR) is 84.6 cm³/mol. The number of anilines is 1. The largest absolute Gasteiger partial charge is 0.383 e. The minimum atomic E-state index is -0.384. The molecule has 1 fully saturated rings. The molecule has 1 aromatic carbocycles. The highest BCUT2D eigenvalue weighted by Gasteiger charge is 2.27. The molecule has 7 heteroatoms. The van der Waals surface area contributed by atoms with Crippen molar-refractivity contribution in [2.75, 3.05) is 38.7 Å². The van der Waals surface area contributed by atoms with Gasteiger partial charge in [0.1, 0.15) is 5.82 Å². The van der Waals surface area contributed by atoms with Crippen LogP contribution in [0.4, 0.5) is 14.9 Å². The van der Waals surface area contributed by atoms with E-state index in [-0.39, 0.29) is 23.7 Å². The minimum absolute atomic E-state index is 0.130.